The molecule has 0 aliphatic heterocycles. The average molecular weight is 177 g/mol. The van der Waals surface area contributed by atoms with E-state index in [1.165, 1.54) is 14.2 Å². The van der Waals surface area contributed by atoms with Crippen LogP contribution < -0.4 is 5.32 Å². The molecular formula is C7H15NO4. The maximum absolute atomic E-state index is 10.3. The van der Waals surface area contributed by atoms with Crippen molar-refractivity contribution in [3.8, 4) is 0 Å². The molecule has 0 amide bonds. The maximum atomic E-state index is 10.3. The number of carbonyl (C=O) groups is 1. The number of aliphatic carboxylic acids is 1. The molecule has 1 atom stereocenters. The minimum atomic E-state index is -0.888. The van der Waals surface area contributed by atoms with Crippen molar-refractivity contribution < 1.29 is 19.4 Å². The SMILES string of the molecule is COC(CNC(C)C(=O)O)OC. The zero-order valence-corrected chi connectivity index (χ0v) is 7.53. The molecule has 0 aliphatic carbocycles. The van der Waals surface area contributed by atoms with Gasteiger partial charge in [0.15, 0.2) is 6.29 Å². The lowest BCUT2D eigenvalue weighted by Gasteiger charge is -2.15. The zero-order chi connectivity index (χ0) is 9.56. The highest BCUT2D eigenvalue weighted by Crippen LogP contribution is 1.89. The predicted molar refractivity (Wildman–Crippen MR) is 42.9 cm³/mol. The third kappa shape index (κ3) is 4.27. The Morgan fingerprint density at radius 1 is 1.50 bits per heavy atom. The topological polar surface area (TPSA) is 67.8 Å². The fourth-order valence-electron chi connectivity index (χ4n) is 0.623. The highest BCUT2D eigenvalue weighted by atomic mass is 16.7. The van der Waals surface area contributed by atoms with Gasteiger partial charge in [-0.05, 0) is 6.92 Å². The Morgan fingerprint density at radius 3 is 2.33 bits per heavy atom. The summed E-state index contributed by atoms with van der Waals surface area (Å²) < 4.78 is 9.70. The van der Waals surface area contributed by atoms with Crippen LogP contribution in [0.2, 0.25) is 0 Å². The Hall–Kier alpha value is -0.650. The molecule has 12 heavy (non-hydrogen) atoms. The second-order valence-electron chi connectivity index (χ2n) is 2.37. The van der Waals surface area contributed by atoms with Crippen LogP contribution in [0.15, 0.2) is 0 Å². The number of hydrogen-bond acceptors (Lipinski definition) is 4. The lowest BCUT2D eigenvalue weighted by Crippen LogP contribution is -2.39. The summed E-state index contributed by atoms with van der Waals surface area (Å²) in [6.07, 6.45) is -0.396. The molecule has 0 bridgehead atoms. The quantitative estimate of drug-likeness (QED) is 0.544. The van der Waals surface area contributed by atoms with E-state index in [0.29, 0.717) is 6.54 Å². The van der Waals surface area contributed by atoms with Crippen molar-refractivity contribution in [3.05, 3.63) is 0 Å². The fourth-order valence-corrected chi connectivity index (χ4v) is 0.623. The first kappa shape index (κ1) is 11.4. The van der Waals surface area contributed by atoms with Crippen molar-refractivity contribution in [3.63, 3.8) is 0 Å². The van der Waals surface area contributed by atoms with E-state index in [0.717, 1.165) is 0 Å². The molecule has 0 saturated heterocycles. The van der Waals surface area contributed by atoms with E-state index in [1.54, 1.807) is 6.92 Å². The van der Waals surface area contributed by atoms with Crippen molar-refractivity contribution in [2.75, 3.05) is 20.8 Å². The van der Waals surface area contributed by atoms with Crippen LogP contribution in [0.3, 0.4) is 0 Å². The number of ether oxygens (including phenoxy) is 2. The summed E-state index contributed by atoms with van der Waals surface area (Å²) in [4.78, 5) is 10.3. The van der Waals surface area contributed by atoms with E-state index in [-0.39, 0.29) is 0 Å². The molecular weight excluding hydrogens is 162 g/mol. The van der Waals surface area contributed by atoms with E-state index in [2.05, 4.69) is 5.32 Å². The Kier molecular flexibility index (Phi) is 5.61. The molecule has 72 valence electrons. The molecule has 0 heterocycles. The summed E-state index contributed by atoms with van der Waals surface area (Å²) in [6.45, 7) is 1.92. The number of methoxy groups -OCH3 is 2. The van der Waals surface area contributed by atoms with Crippen molar-refractivity contribution in [2.24, 2.45) is 0 Å². The molecule has 0 aromatic rings. The summed E-state index contributed by atoms with van der Waals surface area (Å²) in [7, 11) is 3.00. The Balaban J connectivity index is 3.58. The Labute approximate surface area is 71.7 Å². The summed E-state index contributed by atoms with van der Waals surface area (Å²) >= 11 is 0. The smallest absolute Gasteiger partial charge is 0.320 e. The van der Waals surface area contributed by atoms with Crippen molar-refractivity contribution in [1.29, 1.82) is 0 Å². The Bertz CT molecular complexity index is 135. The highest BCUT2D eigenvalue weighted by Gasteiger charge is 2.12. The minimum Gasteiger partial charge on any atom is -0.480 e. The van der Waals surface area contributed by atoms with E-state index < -0.39 is 18.3 Å². The first-order valence-corrected chi connectivity index (χ1v) is 3.63. The summed E-state index contributed by atoms with van der Waals surface area (Å²) in [5, 5.41) is 11.2. The second kappa shape index (κ2) is 5.93. The number of carboxylic acid groups (broad SMARTS) is 1. The van der Waals surface area contributed by atoms with E-state index in [9.17, 15) is 4.79 Å². The van der Waals surface area contributed by atoms with Gasteiger partial charge in [0.1, 0.15) is 6.04 Å². The first-order valence-electron chi connectivity index (χ1n) is 3.63. The lowest BCUT2D eigenvalue weighted by atomic mass is 10.3. The average Bonchev–Trinajstić information content (AvgIpc) is 2.05. The summed E-state index contributed by atoms with van der Waals surface area (Å²) in [5.74, 6) is -0.888. The molecule has 0 fully saturated rings. The summed E-state index contributed by atoms with van der Waals surface area (Å²) in [6, 6.07) is -0.585. The normalized spacial score (nSPS) is 13.3. The molecule has 5 heteroatoms. The number of carboxylic acids is 1. The second-order valence-corrected chi connectivity index (χ2v) is 2.37. The van der Waals surface area contributed by atoms with Gasteiger partial charge in [0.05, 0.1) is 0 Å². The molecule has 0 rings (SSSR count). The van der Waals surface area contributed by atoms with E-state index >= 15 is 0 Å². The van der Waals surface area contributed by atoms with Gasteiger partial charge in [-0.3, -0.25) is 10.1 Å². The van der Waals surface area contributed by atoms with Gasteiger partial charge in [-0.2, -0.15) is 0 Å². The predicted octanol–water partition coefficient (Wildman–Crippen LogP) is -0.332. The van der Waals surface area contributed by atoms with E-state index in [4.69, 9.17) is 14.6 Å². The van der Waals surface area contributed by atoms with Crippen LogP contribution in [-0.4, -0.2) is 44.2 Å². The fraction of sp³-hybridized carbons (Fsp3) is 0.857. The maximum Gasteiger partial charge on any atom is 0.320 e. The minimum absolute atomic E-state index is 0.362. The largest absolute Gasteiger partial charge is 0.480 e. The third-order valence-corrected chi connectivity index (χ3v) is 1.49. The molecule has 0 saturated carbocycles. The molecule has 0 aromatic carbocycles. The van der Waals surface area contributed by atoms with Crippen LogP contribution in [-0.2, 0) is 14.3 Å². The molecule has 1 unspecified atom stereocenters. The van der Waals surface area contributed by atoms with E-state index in [1.807, 2.05) is 0 Å². The van der Waals surface area contributed by atoms with Gasteiger partial charge in [0.2, 0.25) is 0 Å². The molecule has 0 spiro atoms. The number of rotatable bonds is 6. The molecule has 0 aliphatic rings. The first-order chi connectivity index (χ1) is 5.61. The molecule has 2 N–H and O–H groups in total. The number of nitrogens with one attached hydrogen (secondary N) is 1. The van der Waals surface area contributed by atoms with Crippen LogP contribution in [0.25, 0.3) is 0 Å². The van der Waals surface area contributed by atoms with Crippen molar-refractivity contribution in [1.82, 2.24) is 5.32 Å². The molecule has 0 aromatic heterocycles. The zero-order valence-electron chi connectivity index (χ0n) is 7.53. The van der Waals surface area contributed by atoms with Gasteiger partial charge in [-0.25, -0.2) is 0 Å². The molecule has 0 radical (unpaired) electrons. The highest BCUT2D eigenvalue weighted by molar-refractivity contribution is 5.72. The van der Waals surface area contributed by atoms with Gasteiger partial charge < -0.3 is 14.6 Å². The van der Waals surface area contributed by atoms with Crippen LogP contribution >= 0.6 is 0 Å². The van der Waals surface area contributed by atoms with Crippen molar-refractivity contribution >= 4 is 5.97 Å². The van der Waals surface area contributed by atoms with Gasteiger partial charge in [-0.1, -0.05) is 0 Å². The van der Waals surface area contributed by atoms with Gasteiger partial charge >= 0.3 is 5.97 Å². The van der Waals surface area contributed by atoms with Gasteiger partial charge in [-0.15, -0.1) is 0 Å². The van der Waals surface area contributed by atoms with Crippen LogP contribution in [0, 0.1) is 0 Å². The third-order valence-electron chi connectivity index (χ3n) is 1.49. The lowest BCUT2D eigenvalue weighted by molar-refractivity contribution is -0.140. The van der Waals surface area contributed by atoms with Gasteiger partial charge in [0, 0.05) is 20.8 Å². The summed E-state index contributed by atoms with van der Waals surface area (Å²) in [5.41, 5.74) is 0. The Morgan fingerprint density at radius 2 is 2.00 bits per heavy atom. The monoisotopic (exact) mass is 177 g/mol. The van der Waals surface area contributed by atoms with Crippen LogP contribution in [0.4, 0.5) is 0 Å². The number of hydrogen-bond donors (Lipinski definition) is 2. The standard InChI is InChI=1S/C7H15NO4/c1-5(7(9)10)8-4-6(11-2)12-3/h5-6,8H,4H2,1-3H3,(H,9,10). The van der Waals surface area contributed by atoms with Crippen molar-refractivity contribution in [2.45, 2.75) is 19.3 Å². The van der Waals surface area contributed by atoms with Crippen LogP contribution in [0.1, 0.15) is 6.92 Å². The van der Waals surface area contributed by atoms with Crippen LogP contribution in [0.5, 0.6) is 0 Å². The van der Waals surface area contributed by atoms with Gasteiger partial charge in [0.25, 0.3) is 0 Å². The molecule has 5 nitrogen and oxygen atoms in total.